The van der Waals surface area contributed by atoms with Crippen molar-refractivity contribution in [3.63, 3.8) is 0 Å². The third-order valence-corrected chi connectivity index (χ3v) is 5.85. The zero-order valence-electron chi connectivity index (χ0n) is 14.7. The molecule has 0 fully saturated rings. The molecule has 0 aliphatic heterocycles. The summed E-state index contributed by atoms with van der Waals surface area (Å²) in [5, 5.41) is 12.0. The molecular formula is C22H19N3S2. The Labute approximate surface area is 167 Å². The van der Waals surface area contributed by atoms with Crippen LogP contribution in [0.25, 0.3) is 16.8 Å². The van der Waals surface area contributed by atoms with Gasteiger partial charge in [-0.1, -0.05) is 90.6 Å². The average molecular weight is 390 g/mol. The Hall–Kier alpha value is -2.63. The fourth-order valence-electron chi connectivity index (χ4n) is 2.76. The van der Waals surface area contributed by atoms with Crippen LogP contribution >= 0.6 is 23.1 Å². The maximum Gasteiger partial charge on any atom is 0.192 e. The largest absolute Gasteiger partial charge is 0.297 e. The van der Waals surface area contributed by atoms with Crippen LogP contribution in [0, 0.1) is 0 Å². The number of hydrogen-bond acceptors (Lipinski definition) is 4. The number of nitrogens with zero attached hydrogens (tertiary/aromatic N) is 3. The zero-order chi connectivity index (χ0) is 18.3. The van der Waals surface area contributed by atoms with E-state index in [-0.39, 0.29) is 0 Å². The van der Waals surface area contributed by atoms with E-state index in [1.165, 1.54) is 11.1 Å². The Morgan fingerprint density at radius 2 is 1.67 bits per heavy atom. The van der Waals surface area contributed by atoms with Gasteiger partial charge in [0, 0.05) is 5.75 Å². The smallest absolute Gasteiger partial charge is 0.192 e. The molecule has 134 valence electrons. The second-order valence-corrected chi connectivity index (χ2v) is 7.91. The Kier molecular flexibility index (Phi) is 5.82. The summed E-state index contributed by atoms with van der Waals surface area (Å²) in [4.78, 5) is 1.14. The van der Waals surface area contributed by atoms with Gasteiger partial charge in [-0.05, 0) is 22.6 Å². The predicted octanol–water partition coefficient (Wildman–Crippen LogP) is 5.86. The summed E-state index contributed by atoms with van der Waals surface area (Å²) in [7, 11) is 0. The van der Waals surface area contributed by atoms with Crippen molar-refractivity contribution >= 4 is 29.2 Å². The van der Waals surface area contributed by atoms with Gasteiger partial charge in [0.1, 0.15) is 0 Å². The lowest BCUT2D eigenvalue weighted by Crippen LogP contribution is -2.03. The first-order valence-corrected chi connectivity index (χ1v) is 10.6. The summed E-state index contributed by atoms with van der Waals surface area (Å²) in [5.74, 6) is 1.79. The second-order valence-electron chi connectivity index (χ2n) is 5.98. The zero-order valence-corrected chi connectivity index (χ0v) is 16.4. The van der Waals surface area contributed by atoms with Gasteiger partial charge in [0.15, 0.2) is 11.0 Å². The summed E-state index contributed by atoms with van der Waals surface area (Å²) >= 11 is 3.40. The standard InChI is InChI=1S/C22H19N3S2/c1-3-9-18(10-4-1)13-7-16-27-22-24-23-21(20-14-8-15-26-20)25(22)17-19-11-5-2-6-12-19/h1-15H,16-17H2/b13-7+. The summed E-state index contributed by atoms with van der Waals surface area (Å²) in [6.07, 6.45) is 4.32. The SMILES string of the molecule is C(=C\c1ccccc1)/CSc1nnc(-c2cccs2)n1Cc1ccccc1. The molecule has 3 nitrogen and oxygen atoms in total. The molecule has 0 aliphatic rings. The van der Waals surface area contributed by atoms with Crippen LogP contribution in [0.4, 0.5) is 0 Å². The minimum Gasteiger partial charge on any atom is -0.297 e. The molecule has 27 heavy (non-hydrogen) atoms. The van der Waals surface area contributed by atoms with Crippen molar-refractivity contribution in [1.29, 1.82) is 0 Å². The molecule has 0 saturated heterocycles. The lowest BCUT2D eigenvalue weighted by atomic mass is 10.2. The van der Waals surface area contributed by atoms with Gasteiger partial charge >= 0.3 is 0 Å². The Balaban J connectivity index is 1.54. The van der Waals surface area contributed by atoms with Gasteiger partial charge in [-0.3, -0.25) is 4.57 Å². The monoisotopic (exact) mass is 389 g/mol. The highest BCUT2D eigenvalue weighted by atomic mass is 32.2. The summed E-state index contributed by atoms with van der Waals surface area (Å²) in [6.45, 7) is 0.770. The van der Waals surface area contributed by atoms with E-state index >= 15 is 0 Å². The number of thiophene rings is 1. The van der Waals surface area contributed by atoms with Gasteiger partial charge in [0.25, 0.3) is 0 Å². The van der Waals surface area contributed by atoms with E-state index in [0.717, 1.165) is 28.2 Å². The van der Waals surface area contributed by atoms with Gasteiger partial charge in [-0.15, -0.1) is 21.5 Å². The summed E-state index contributed by atoms with van der Waals surface area (Å²) in [6, 6.07) is 25.0. The van der Waals surface area contributed by atoms with Crippen molar-refractivity contribution in [1.82, 2.24) is 14.8 Å². The normalized spacial score (nSPS) is 11.3. The van der Waals surface area contributed by atoms with E-state index < -0.39 is 0 Å². The topological polar surface area (TPSA) is 30.7 Å². The van der Waals surface area contributed by atoms with E-state index in [4.69, 9.17) is 0 Å². The number of aromatic nitrogens is 3. The highest BCUT2D eigenvalue weighted by molar-refractivity contribution is 7.99. The van der Waals surface area contributed by atoms with Crippen LogP contribution < -0.4 is 0 Å². The molecule has 0 unspecified atom stereocenters. The number of hydrogen-bond donors (Lipinski definition) is 0. The molecule has 5 heteroatoms. The van der Waals surface area contributed by atoms with Crippen molar-refractivity contribution in [3.05, 3.63) is 95.4 Å². The second kappa shape index (κ2) is 8.84. The Bertz CT molecular complexity index is 991. The molecule has 2 aromatic heterocycles. The fourth-order valence-corrected chi connectivity index (χ4v) is 4.23. The predicted molar refractivity (Wildman–Crippen MR) is 115 cm³/mol. The molecular weight excluding hydrogens is 370 g/mol. The van der Waals surface area contributed by atoms with Gasteiger partial charge in [0.2, 0.25) is 0 Å². The van der Waals surface area contributed by atoms with Gasteiger partial charge < -0.3 is 0 Å². The van der Waals surface area contributed by atoms with Crippen molar-refractivity contribution in [3.8, 4) is 10.7 Å². The van der Waals surface area contributed by atoms with Crippen LogP contribution in [0.15, 0.2) is 89.4 Å². The fraction of sp³-hybridized carbons (Fsp3) is 0.0909. The van der Waals surface area contributed by atoms with Gasteiger partial charge in [-0.2, -0.15) is 0 Å². The van der Waals surface area contributed by atoms with E-state index in [0.29, 0.717) is 0 Å². The molecule has 4 aromatic rings. The van der Waals surface area contributed by atoms with Crippen molar-refractivity contribution in [2.45, 2.75) is 11.7 Å². The first-order valence-electron chi connectivity index (χ1n) is 8.75. The first-order chi connectivity index (χ1) is 13.4. The highest BCUT2D eigenvalue weighted by Gasteiger charge is 2.15. The van der Waals surface area contributed by atoms with Gasteiger partial charge in [-0.25, -0.2) is 0 Å². The van der Waals surface area contributed by atoms with Gasteiger partial charge in [0.05, 0.1) is 11.4 Å². The molecule has 0 aliphatic carbocycles. The van der Waals surface area contributed by atoms with Crippen LogP contribution in [-0.4, -0.2) is 20.5 Å². The molecule has 4 rings (SSSR count). The van der Waals surface area contributed by atoms with Crippen LogP contribution in [0.2, 0.25) is 0 Å². The molecule has 0 saturated carbocycles. The van der Waals surface area contributed by atoms with Crippen LogP contribution in [0.5, 0.6) is 0 Å². The molecule has 2 heterocycles. The van der Waals surface area contributed by atoms with Crippen molar-refractivity contribution in [2.75, 3.05) is 5.75 Å². The van der Waals surface area contributed by atoms with Crippen LogP contribution in [-0.2, 0) is 6.54 Å². The van der Waals surface area contributed by atoms with Crippen molar-refractivity contribution < 1.29 is 0 Å². The maximum absolute atomic E-state index is 4.47. The average Bonchev–Trinajstić information content (AvgIpc) is 3.37. The lowest BCUT2D eigenvalue weighted by Gasteiger charge is -2.09. The van der Waals surface area contributed by atoms with E-state index in [1.807, 2.05) is 12.1 Å². The first kappa shape index (κ1) is 17.8. The van der Waals surface area contributed by atoms with Crippen LogP contribution in [0.3, 0.4) is 0 Å². The molecule has 0 bridgehead atoms. The molecule has 2 aromatic carbocycles. The third-order valence-electron chi connectivity index (χ3n) is 4.06. The maximum atomic E-state index is 4.47. The minimum absolute atomic E-state index is 0.770. The molecule has 0 N–H and O–H groups in total. The third kappa shape index (κ3) is 4.56. The number of thioether (sulfide) groups is 1. The molecule has 0 atom stereocenters. The highest BCUT2D eigenvalue weighted by Crippen LogP contribution is 2.28. The number of rotatable bonds is 7. The summed E-state index contributed by atoms with van der Waals surface area (Å²) in [5.41, 5.74) is 2.46. The molecule has 0 radical (unpaired) electrons. The molecule has 0 spiro atoms. The Morgan fingerprint density at radius 3 is 2.41 bits per heavy atom. The minimum atomic E-state index is 0.770. The lowest BCUT2D eigenvalue weighted by molar-refractivity contribution is 0.716. The molecule has 0 amide bonds. The van der Waals surface area contributed by atoms with E-state index in [9.17, 15) is 0 Å². The number of benzene rings is 2. The van der Waals surface area contributed by atoms with E-state index in [1.54, 1.807) is 23.1 Å². The van der Waals surface area contributed by atoms with Crippen molar-refractivity contribution in [2.24, 2.45) is 0 Å². The Morgan fingerprint density at radius 1 is 0.889 bits per heavy atom. The summed E-state index contributed by atoms with van der Waals surface area (Å²) < 4.78 is 2.21. The quantitative estimate of drug-likeness (QED) is 0.371. The van der Waals surface area contributed by atoms with Crippen LogP contribution in [0.1, 0.15) is 11.1 Å². The van der Waals surface area contributed by atoms with E-state index in [2.05, 4.69) is 93.0 Å².